The van der Waals surface area contributed by atoms with Crippen molar-refractivity contribution in [3.8, 4) is 5.69 Å². The molecule has 1 heterocycles. The van der Waals surface area contributed by atoms with Crippen LogP contribution in [0.3, 0.4) is 0 Å². The molecule has 0 atom stereocenters. The highest BCUT2D eigenvalue weighted by Crippen LogP contribution is 2.15. The molecule has 6 heteroatoms. The highest BCUT2D eigenvalue weighted by Gasteiger charge is 2.08. The average molecular weight is 395 g/mol. The van der Waals surface area contributed by atoms with Crippen LogP contribution in [0.2, 0.25) is 0 Å². The quantitative estimate of drug-likeness (QED) is 0.565. The van der Waals surface area contributed by atoms with Crippen LogP contribution in [0.15, 0.2) is 71.9 Å². The van der Waals surface area contributed by atoms with Crippen molar-refractivity contribution in [2.75, 3.05) is 26.4 Å². The fourth-order valence-electron chi connectivity index (χ4n) is 2.96. The van der Waals surface area contributed by atoms with Crippen molar-refractivity contribution in [3.05, 3.63) is 78.1 Å². The van der Waals surface area contributed by atoms with Gasteiger partial charge in [-0.25, -0.2) is 4.68 Å². The van der Waals surface area contributed by atoms with Gasteiger partial charge in [0.15, 0.2) is 0 Å². The molecule has 2 aromatic carbocycles. The number of rotatable bonds is 9. The summed E-state index contributed by atoms with van der Waals surface area (Å²) >= 11 is 1.73. The van der Waals surface area contributed by atoms with Crippen LogP contribution < -0.4 is 5.32 Å². The highest BCUT2D eigenvalue weighted by atomic mass is 32.2. The zero-order valence-corrected chi connectivity index (χ0v) is 17.2. The molecule has 0 radical (unpaired) electrons. The van der Waals surface area contributed by atoms with Crippen molar-refractivity contribution in [3.63, 3.8) is 0 Å². The van der Waals surface area contributed by atoms with E-state index in [2.05, 4.69) is 40.9 Å². The number of carbonyl (C=O) groups excluding carboxylic acids is 1. The molecule has 3 rings (SSSR count). The molecule has 0 aliphatic heterocycles. The van der Waals surface area contributed by atoms with Crippen molar-refractivity contribution in [2.45, 2.75) is 17.9 Å². The molecule has 0 unspecified atom stereocenters. The summed E-state index contributed by atoms with van der Waals surface area (Å²) < 4.78 is 1.85. The smallest absolute Gasteiger partial charge is 0.234 e. The summed E-state index contributed by atoms with van der Waals surface area (Å²) in [6.45, 7) is 1.75. The highest BCUT2D eigenvalue weighted by molar-refractivity contribution is 7.98. The number of thioether (sulfide) groups is 1. The largest absolute Gasteiger partial charge is 0.355 e. The summed E-state index contributed by atoms with van der Waals surface area (Å²) in [5.74, 6) is 0.0404. The Labute approximate surface area is 170 Å². The van der Waals surface area contributed by atoms with Crippen molar-refractivity contribution in [1.29, 1.82) is 0 Å². The van der Waals surface area contributed by atoms with E-state index in [0.717, 1.165) is 24.2 Å². The molecular formula is C22H26N4OS. The molecular weight excluding hydrogens is 368 g/mol. The maximum Gasteiger partial charge on any atom is 0.234 e. The number of para-hydroxylation sites is 1. The maximum absolute atomic E-state index is 12.2. The second-order valence-electron chi connectivity index (χ2n) is 6.75. The Morgan fingerprint density at radius 1 is 1.11 bits per heavy atom. The van der Waals surface area contributed by atoms with Gasteiger partial charge in [-0.05, 0) is 55.1 Å². The minimum Gasteiger partial charge on any atom is -0.355 e. The maximum atomic E-state index is 12.2. The van der Waals surface area contributed by atoms with E-state index < -0.39 is 0 Å². The minimum absolute atomic E-state index is 0.0404. The van der Waals surface area contributed by atoms with E-state index in [9.17, 15) is 4.79 Å². The Hall–Kier alpha value is -2.57. The van der Waals surface area contributed by atoms with Crippen molar-refractivity contribution >= 4 is 17.7 Å². The second-order valence-corrected chi connectivity index (χ2v) is 7.63. The van der Waals surface area contributed by atoms with Crippen molar-refractivity contribution in [2.24, 2.45) is 0 Å². The third-order valence-corrected chi connectivity index (χ3v) is 5.16. The molecule has 1 amide bonds. The Morgan fingerprint density at radius 2 is 1.86 bits per heavy atom. The summed E-state index contributed by atoms with van der Waals surface area (Å²) in [7, 11) is 1.96. The Kier molecular flexibility index (Phi) is 7.28. The van der Waals surface area contributed by atoms with Gasteiger partial charge < -0.3 is 5.32 Å². The number of hydrogen-bond acceptors (Lipinski definition) is 4. The van der Waals surface area contributed by atoms with E-state index in [1.807, 2.05) is 59.4 Å². The van der Waals surface area contributed by atoms with Gasteiger partial charge in [0.05, 0.1) is 18.4 Å². The summed E-state index contributed by atoms with van der Waals surface area (Å²) in [6, 6.07) is 18.5. The molecule has 1 N–H and O–H groups in total. The van der Waals surface area contributed by atoms with E-state index in [-0.39, 0.29) is 5.91 Å². The number of aromatic nitrogens is 2. The SMILES string of the molecule is CSc1ccc(CN(C)CC(=O)NCCc2cnn(-c3ccccc3)c2)cc1. The fraction of sp³-hybridized carbons (Fsp3) is 0.273. The molecule has 28 heavy (non-hydrogen) atoms. The van der Waals surface area contributed by atoms with E-state index in [0.29, 0.717) is 13.1 Å². The average Bonchev–Trinajstić information content (AvgIpc) is 3.18. The molecule has 0 saturated carbocycles. The lowest BCUT2D eigenvalue weighted by atomic mass is 10.2. The lowest BCUT2D eigenvalue weighted by molar-refractivity contribution is -0.122. The van der Waals surface area contributed by atoms with Crippen LogP contribution in [0.4, 0.5) is 0 Å². The standard InChI is InChI=1S/C22H26N4OS/c1-25(15-18-8-10-21(28-2)11-9-18)17-22(27)23-13-12-19-14-24-26(16-19)20-6-4-3-5-7-20/h3-11,14,16H,12-13,15,17H2,1-2H3,(H,23,27). The molecule has 0 fully saturated rings. The lowest BCUT2D eigenvalue weighted by Crippen LogP contribution is -2.35. The van der Waals surface area contributed by atoms with Crippen LogP contribution in [0.25, 0.3) is 5.69 Å². The second kappa shape index (κ2) is 10.1. The third kappa shape index (κ3) is 5.97. The van der Waals surface area contributed by atoms with Crippen molar-refractivity contribution in [1.82, 2.24) is 20.0 Å². The summed E-state index contributed by atoms with van der Waals surface area (Å²) in [6.07, 6.45) is 6.69. The van der Waals surface area contributed by atoms with Gasteiger partial charge in [-0.1, -0.05) is 30.3 Å². The van der Waals surface area contributed by atoms with Gasteiger partial charge in [0.2, 0.25) is 5.91 Å². The first kappa shape index (κ1) is 20.2. The van der Waals surface area contributed by atoms with Gasteiger partial charge in [-0.15, -0.1) is 11.8 Å². The number of hydrogen-bond donors (Lipinski definition) is 1. The normalized spacial score (nSPS) is 11.0. The van der Waals surface area contributed by atoms with Crippen LogP contribution in [0.5, 0.6) is 0 Å². The minimum atomic E-state index is 0.0404. The number of benzene rings is 2. The number of nitrogens with one attached hydrogen (secondary N) is 1. The molecule has 5 nitrogen and oxygen atoms in total. The first-order chi connectivity index (χ1) is 13.6. The number of likely N-dealkylation sites (N-methyl/N-ethyl adjacent to an activating group) is 1. The molecule has 0 aliphatic carbocycles. The summed E-state index contributed by atoms with van der Waals surface area (Å²) in [5.41, 5.74) is 3.35. The lowest BCUT2D eigenvalue weighted by Gasteiger charge is -2.16. The fourth-order valence-corrected chi connectivity index (χ4v) is 3.37. The van der Waals surface area contributed by atoms with Crippen LogP contribution in [-0.2, 0) is 17.8 Å². The van der Waals surface area contributed by atoms with Crippen LogP contribution in [0.1, 0.15) is 11.1 Å². The van der Waals surface area contributed by atoms with E-state index in [1.165, 1.54) is 10.5 Å². The van der Waals surface area contributed by atoms with Gasteiger partial charge >= 0.3 is 0 Å². The van der Waals surface area contributed by atoms with Crippen LogP contribution in [0, 0.1) is 0 Å². The van der Waals surface area contributed by atoms with Gasteiger partial charge in [0.1, 0.15) is 0 Å². The van der Waals surface area contributed by atoms with E-state index in [4.69, 9.17) is 0 Å². The Morgan fingerprint density at radius 3 is 2.57 bits per heavy atom. The van der Waals surface area contributed by atoms with Gasteiger partial charge in [0.25, 0.3) is 0 Å². The predicted octanol–water partition coefficient (Wildman–Crippen LogP) is 3.38. The number of amides is 1. The van der Waals surface area contributed by atoms with Gasteiger partial charge in [-0.2, -0.15) is 5.10 Å². The predicted molar refractivity (Wildman–Crippen MR) is 115 cm³/mol. The first-order valence-electron chi connectivity index (χ1n) is 9.31. The summed E-state index contributed by atoms with van der Waals surface area (Å²) in [4.78, 5) is 15.5. The van der Waals surface area contributed by atoms with Gasteiger partial charge in [0, 0.05) is 24.2 Å². The van der Waals surface area contributed by atoms with Crippen LogP contribution in [-0.4, -0.2) is 47.0 Å². The third-order valence-electron chi connectivity index (χ3n) is 4.42. The molecule has 0 spiro atoms. The zero-order chi connectivity index (χ0) is 19.8. The Balaban J connectivity index is 1.40. The van der Waals surface area contributed by atoms with E-state index in [1.54, 1.807) is 11.8 Å². The van der Waals surface area contributed by atoms with E-state index >= 15 is 0 Å². The molecule has 0 aliphatic rings. The monoisotopic (exact) mass is 394 g/mol. The molecule has 146 valence electrons. The molecule has 0 bridgehead atoms. The topological polar surface area (TPSA) is 50.2 Å². The van der Waals surface area contributed by atoms with Gasteiger partial charge in [-0.3, -0.25) is 9.69 Å². The number of carbonyl (C=O) groups is 1. The summed E-state index contributed by atoms with van der Waals surface area (Å²) in [5, 5.41) is 7.38. The number of nitrogens with zero attached hydrogens (tertiary/aromatic N) is 3. The molecule has 0 saturated heterocycles. The first-order valence-corrected chi connectivity index (χ1v) is 10.5. The molecule has 3 aromatic rings. The van der Waals surface area contributed by atoms with Crippen LogP contribution >= 0.6 is 11.8 Å². The Bertz CT molecular complexity index is 877. The van der Waals surface area contributed by atoms with Crippen molar-refractivity contribution < 1.29 is 4.79 Å². The zero-order valence-electron chi connectivity index (χ0n) is 16.3. The molecule has 1 aromatic heterocycles.